The highest BCUT2D eigenvalue weighted by molar-refractivity contribution is 5.95. The molecule has 0 aliphatic carbocycles. The highest BCUT2D eigenvalue weighted by Gasteiger charge is 2.11. The van der Waals surface area contributed by atoms with Crippen LogP contribution in [0.1, 0.15) is 6.92 Å². The summed E-state index contributed by atoms with van der Waals surface area (Å²) in [5.74, 6) is -0.106. The average Bonchev–Trinajstić information content (AvgIpc) is 2.22. The van der Waals surface area contributed by atoms with Crippen molar-refractivity contribution in [1.82, 2.24) is 9.80 Å². The molecule has 0 aromatic rings. The van der Waals surface area contributed by atoms with Crippen LogP contribution >= 0.6 is 0 Å². The summed E-state index contributed by atoms with van der Waals surface area (Å²) in [4.78, 5) is 25.3. The molecule has 0 heterocycles. The number of urea groups is 1. The second-order valence-electron chi connectivity index (χ2n) is 3.64. The van der Waals surface area contributed by atoms with Gasteiger partial charge in [-0.15, -0.1) is 0 Å². The highest BCUT2D eigenvalue weighted by atomic mass is 16.2. The van der Waals surface area contributed by atoms with E-state index < -0.39 is 0 Å². The zero-order chi connectivity index (χ0) is 12.9. The Morgan fingerprint density at radius 3 is 1.94 bits per heavy atom. The van der Waals surface area contributed by atoms with Crippen LogP contribution in [0.5, 0.6) is 0 Å². The summed E-state index contributed by atoms with van der Waals surface area (Å²) in [5, 5.41) is 0. The van der Waals surface area contributed by atoms with Crippen LogP contribution in [0.4, 0.5) is 4.79 Å². The van der Waals surface area contributed by atoms with Gasteiger partial charge in [0.25, 0.3) is 0 Å². The van der Waals surface area contributed by atoms with Crippen molar-refractivity contribution in [2.45, 2.75) is 6.92 Å². The SMILES string of the molecule is C=C(C=CC(=C)N(C)C(=O)N(C)C)C(C)=O. The van der Waals surface area contributed by atoms with Gasteiger partial charge in [-0.2, -0.15) is 0 Å². The first kappa shape index (κ1) is 14.2. The Morgan fingerprint density at radius 2 is 1.56 bits per heavy atom. The molecule has 4 nitrogen and oxygen atoms in total. The summed E-state index contributed by atoms with van der Waals surface area (Å²) in [5.41, 5.74) is 0.882. The van der Waals surface area contributed by atoms with E-state index in [1.165, 1.54) is 16.7 Å². The summed E-state index contributed by atoms with van der Waals surface area (Å²) in [6.45, 7) is 8.74. The number of hydrogen-bond donors (Lipinski definition) is 0. The summed E-state index contributed by atoms with van der Waals surface area (Å²) in [6, 6.07) is -0.178. The Bertz CT molecular complexity index is 354. The second kappa shape index (κ2) is 5.90. The third-order valence-corrected chi connectivity index (χ3v) is 2.03. The minimum absolute atomic E-state index is 0.106. The molecule has 0 aliphatic rings. The third-order valence-electron chi connectivity index (χ3n) is 2.03. The van der Waals surface area contributed by atoms with Gasteiger partial charge in [-0.05, 0) is 19.1 Å². The van der Waals surface area contributed by atoms with Crippen molar-refractivity contribution in [3.8, 4) is 0 Å². The summed E-state index contributed by atoms with van der Waals surface area (Å²) in [7, 11) is 4.93. The van der Waals surface area contributed by atoms with Crippen molar-refractivity contribution < 1.29 is 9.59 Å². The molecule has 88 valence electrons. The van der Waals surface area contributed by atoms with Gasteiger partial charge in [0.15, 0.2) is 5.78 Å². The third kappa shape index (κ3) is 4.13. The average molecular weight is 222 g/mol. The molecular formula is C12H18N2O2. The van der Waals surface area contributed by atoms with Crippen molar-refractivity contribution in [1.29, 1.82) is 0 Å². The molecule has 2 amide bonds. The number of carbonyl (C=O) groups excluding carboxylic acids is 2. The number of hydrogen-bond acceptors (Lipinski definition) is 2. The quantitative estimate of drug-likeness (QED) is 0.537. The lowest BCUT2D eigenvalue weighted by Crippen LogP contribution is -2.35. The van der Waals surface area contributed by atoms with Gasteiger partial charge in [-0.25, -0.2) is 4.79 Å². The number of likely N-dealkylation sites (N-methyl/N-ethyl adjacent to an activating group) is 1. The first-order chi connectivity index (χ1) is 7.27. The van der Waals surface area contributed by atoms with Crippen molar-refractivity contribution in [3.05, 3.63) is 36.6 Å². The minimum atomic E-state index is -0.178. The lowest BCUT2D eigenvalue weighted by Gasteiger charge is -2.21. The van der Waals surface area contributed by atoms with Crippen LogP contribution < -0.4 is 0 Å². The molecule has 0 fully saturated rings. The van der Waals surface area contributed by atoms with E-state index in [-0.39, 0.29) is 11.8 Å². The normalized spacial score (nSPS) is 10.0. The zero-order valence-corrected chi connectivity index (χ0v) is 10.3. The van der Waals surface area contributed by atoms with Gasteiger partial charge in [-0.3, -0.25) is 9.69 Å². The Labute approximate surface area is 96.5 Å². The molecule has 0 aromatic carbocycles. The number of ketones is 1. The highest BCUT2D eigenvalue weighted by Crippen LogP contribution is 2.05. The number of rotatable bonds is 4. The molecule has 0 spiro atoms. The minimum Gasteiger partial charge on any atom is -0.330 e. The van der Waals surface area contributed by atoms with Crippen LogP contribution in [0, 0.1) is 0 Å². The standard InChI is InChI=1S/C12H18N2O2/c1-9(11(3)15)7-8-10(2)14(6)12(16)13(4)5/h7-8H,1-2H2,3-6H3. The van der Waals surface area contributed by atoms with E-state index in [2.05, 4.69) is 13.2 Å². The van der Waals surface area contributed by atoms with E-state index in [0.717, 1.165) is 0 Å². The van der Waals surface area contributed by atoms with E-state index >= 15 is 0 Å². The van der Waals surface area contributed by atoms with Crippen LogP contribution in [0.3, 0.4) is 0 Å². The maximum Gasteiger partial charge on any atom is 0.323 e. The summed E-state index contributed by atoms with van der Waals surface area (Å²) < 4.78 is 0. The van der Waals surface area contributed by atoms with E-state index in [1.807, 2.05) is 0 Å². The molecular weight excluding hydrogens is 204 g/mol. The Balaban J connectivity index is 4.54. The molecule has 16 heavy (non-hydrogen) atoms. The van der Waals surface area contributed by atoms with Crippen LogP contribution in [0.25, 0.3) is 0 Å². The number of Topliss-reactive ketones (excluding diaryl/α,β-unsaturated/α-hetero) is 1. The summed E-state index contributed by atoms with van der Waals surface area (Å²) >= 11 is 0. The molecule has 0 radical (unpaired) electrons. The molecule has 0 saturated carbocycles. The van der Waals surface area contributed by atoms with Crippen LogP contribution in [-0.4, -0.2) is 42.8 Å². The number of carbonyl (C=O) groups is 2. The first-order valence-corrected chi connectivity index (χ1v) is 4.79. The van der Waals surface area contributed by atoms with Gasteiger partial charge in [0.2, 0.25) is 0 Å². The van der Waals surface area contributed by atoms with E-state index in [0.29, 0.717) is 11.3 Å². The molecule has 0 rings (SSSR count). The maximum absolute atomic E-state index is 11.5. The zero-order valence-electron chi connectivity index (χ0n) is 10.3. The molecule has 0 atom stereocenters. The predicted molar refractivity (Wildman–Crippen MR) is 64.9 cm³/mol. The molecule has 4 heteroatoms. The monoisotopic (exact) mass is 222 g/mol. The smallest absolute Gasteiger partial charge is 0.323 e. The second-order valence-corrected chi connectivity index (χ2v) is 3.64. The topological polar surface area (TPSA) is 40.6 Å². The van der Waals surface area contributed by atoms with Crippen molar-refractivity contribution >= 4 is 11.8 Å². The number of allylic oxidation sites excluding steroid dienone is 3. The van der Waals surface area contributed by atoms with Crippen molar-refractivity contribution in [2.75, 3.05) is 21.1 Å². The fourth-order valence-electron chi connectivity index (χ4n) is 0.849. The lowest BCUT2D eigenvalue weighted by molar-refractivity contribution is -0.113. The Morgan fingerprint density at radius 1 is 1.06 bits per heavy atom. The summed E-state index contributed by atoms with van der Waals surface area (Å²) in [6.07, 6.45) is 3.13. The lowest BCUT2D eigenvalue weighted by atomic mass is 10.2. The van der Waals surface area contributed by atoms with Gasteiger partial charge >= 0.3 is 6.03 Å². The van der Waals surface area contributed by atoms with Crippen LogP contribution in [-0.2, 0) is 4.79 Å². The number of nitrogens with zero attached hydrogens (tertiary/aromatic N) is 2. The number of amides is 2. The predicted octanol–water partition coefficient (Wildman–Crippen LogP) is 1.81. The fourth-order valence-corrected chi connectivity index (χ4v) is 0.849. The molecule has 0 saturated heterocycles. The Kier molecular flexibility index (Phi) is 5.22. The van der Waals surface area contributed by atoms with E-state index in [1.54, 1.807) is 33.3 Å². The fraction of sp³-hybridized carbons (Fsp3) is 0.333. The van der Waals surface area contributed by atoms with Gasteiger partial charge < -0.3 is 4.90 Å². The van der Waals surface area contributed by atoms with Crippen molar-refractivity contribution in [3.63, 3.8) is 0 Å². The molecule has 0 N–H and O–H groups in total. The van der Waals surface area contributed by atoms with E-state index in [4.69, 9.17) is 0 Å². The molecule has 0 aromatic heterocycles. The van der Waals surface area contributed by atoms with Crippen LogP contribution in [0.2, 0.25) is 0 Å². The van der Waals surface area contributed by atoms with Gasteiger partial charge in [-0.1, -0.05) is 13.2 Å². The molecule has 0 bridgehead atoms. The van der Waals surface area contributed by atoms with E-state index in [9.17, 15) is 9.59 Å². The Hall–Kier alpha value is -1.84. The van der Waals surface area contributed by atoms with Gasteiger partial charge in [0.1, 0.15) is 0 Å². The molecule has 0 unspecified atom stereocenters. The molecule has 0 aliphatic heterocycles. The first-order valence-electron chi connectivity index (χ1n) is 4.79. The largest absolute Gasteiger partial charge is 0.330 e. The van der Waals surface area contributed by atoms with Gasteiger partial charge in [0, 0.05) is 32.4 Å². The van der Waals surface area contributed by atoms with Crippen molar-refractivity contribution in [2.24, 2.45) is 0 Å². The van der Waals surface area contributed by atoms with Crippen LogP contribution in [0.15, 0.2) is 36.6 Å². The maximum atomic E-state index is 11.5. The van der Waals surface area contributed by atoms with Gasteiger partial charge in [0.05, 0.1) is 0 Å².